The topological polar surface area (TPSA) is 69.7 Å². The standard InChI is InChI=1S/C21H29N3O3S2/c1-4-24(5-2)29(26,27)18-11-9-17(10-12-18)22-21(25)15-23-14-6-7-19(23)20-13-8-16(3)28-20/h8-13,19H,4-7,14-15H2,1-3H3,(H,22,25). The molecule has 1 fully saturated rings. The minimum absolute atomic E-state index is 0.0791. The first kappa shape index (κ1) is 22.0. The van der Waals surface area contributed by atoms with E-state index in [1.807, 2.05) is 13.8 Å². The van der Waals surface area contributed by atoms with E-state index in [1.54, 1.807) is 35.6 Å². The number of nitrogens with zero attached hydrogens (tertiary/aromatic N) is 2. The molecule has 3 rings (SSSR count). The Hall–Kier alpha value is -1.74. The summed E-state index contributed by atoms with van der Waals surface area (Å²) in [7, 11) is -3.49. The SMILES string of the molecule is CCN(CC)S(=O)(=O)c1ccc(NC(=O)CN2CCCC2c2ccc(C)s2)cc1. The van der Waals surface area contributed by atoms with E-state index in [0.29, 0.717) is 31.4 Å². The number of likely N-dealkylation sites (tertiary alicyclic amines) is 1. The Kier molecular flexibility index (Phi) is 7.10. The van der Waals surface area contributed by atoms with Crippen LogP contribution in [-0.4, -0.2) is 49.7 Å². The van der Waals surface area contributed by atoms with Crippen LogP contribution in [0.4, 0.5) is 5.69 Å². The quantitative estimate of drug-likeness (QED) is 0.684. The van der Waals surface area contributed by atoms with Crippen LogP contribution in [0.25, 0.3) is 0 Å². The van der Waals surface area contributed by atoms with Gasteiger partial charge in [-0.2, -0.15) is 4.31 Å². The van der Waals surface area contributed by atoms with Crippen LogP contribution in [0.3, 0.4) is 0 Å². The van der Waals surface area contributed by atoms with Crippen LogP contribution in [-0.2, 0) is 14.8 Å². The number of thiophene rings is 1. The molecule has 8 heteroatoms. The second kappa shape index (κ2) is 9.38. The van der Waals surface area contributed by atoms with Gasteiger partial charge in [-0.25, -0.2) is 8.42 Å². The largest absolute Gasteiger partial charge is 0.325 e. The fraction of sp³-hybridized carbons (Fsp3) is 0.476. The van der Waals surface area contributed by atoms with Gasteiger partial charge in [0.05, 0.1) is 11.4 Å². The predicted molar refractivity (Wildman–Crippen MR) is 118 cm³/mol. The molecule has 0 radical (unpaired) electrons. The zero-order chi connectivity index (χ0) is 21.0. The monoisotopic (exact) mass is 435 g/mol. The second-order valence-electron chi connectivity index (χ2n) is 7.24. The molecular formula is C21H29N3O3S2. The van der Waals surface area contributed by atoms with Gasteiger partial charge in [-0.3, -0.25) is 9.69 Å². The van der Waals surface area contributed by atoms with E-state index < -0.39 is 10.0 Å². The Bertz CT molecular complexity index is 934. The van der Waals surface area contributed by atoms with E-state index in [1.165, 1.54) is 14.1 Å². The zero-order valence-corrected chi connectivity index (χ0v) is 18.9. The van der Waals surface area contributed by atoms with Crippen molar-refractivity contribution in [1.82, 2.24) is 9.21 Å². The molecule has 1 unspecified atom stereocenters. The van der Waals surface area contributed by atoms with Gasteiger partial charge < -0.3 is 5.32 Å². The van der Waals surface area contributed by atoms with Crippen molar-refractivity contribution < 1.29 is 13.2 Å². The van der Waals surface area contributed by atoms with Crippen LogP contribution in [0.5, 0.6) is 0 Å². The number of sulfonamides is 1. The van der Waals surface area contributed by atoms with Crippen LogP contribution in [0.2, 0.25) is 0 Å². The molecule has 0 bridgehead atoms. The van der Waals surface area contributed by atoms with Gasteiger partial charge in [0.2, 0.25) is 15.9 Å². The van der Waals surface area contributed by atoms with Gasteiger partial charge in [-0.05, 0) is 62.7 Å². The predicted octanol–water partition coefficient (Wildman–Crippen LogP) is 3.86. The third kappa shape index (κ3) is 5.06. The lowest BCUT2D eigenvalue weighted by Gasteiger charge is -2.23. The summed E-state index contributed by atoms with van der Waals surface area (Å²) in [5.74, 6) is -0.0791. The van der Waals surface area contributed by atoms with Crippen molar-refractivity contribution in [2.75, 3.05) is 31.5 Å². The molecule has 2 aromatic rings. The molecule has 1 atom stereocenters. The number of nitrogens with one attached hydrogen (secondary N) is 1. The highest BCUT2D eigenvalue weighted by atomic mass is 32.2. The molecule has 1 amide bonds. The fourth-order valence-corrected chi connectivity index (χ4v) is 6.28. The van der Waals surface area contributed by atoms with E-state index in [4.69, 9.17) is 0 Å². The van der Waals surface area contributed by atoms with Crippen LogP contribution in [0.1, 0.15) is 42.5 Å². The van der Waals surface area contributed by atoms with Gasteiger partial charge in [-0.15, -0.1) is 11.3 Å². The van der Waals surface area contributed by atoms with Crippen LogP contribution >= 0.6 is 11.3 Å². The number of amides is 1. The summed E-state index contributed by atoms with van der Waals surface area (Å²) in [4.78, 5) is 17.6. The van der Waals surface area contributed by atoms with Crippen molar-refractivity contribution in [2.24, 2.45) is 0 Å². The van der Waals surface area contributed by atoms with Gasteiger partial charge in [-0.1, -0.05) is 13.8 Å². The lowest BCUT2D eigenvalue weighted by atomic mass is 10.2. The lowest BCUT2D eigenvalue weighted by Crippen LogP contribution is -2.32. The molecule has 6 nitrogen and oxygen atoms in total. The highest BCUT2D eigenvalue weighted by molar-refractivity contribution is 7.89. The zero-order valence-electron chi connectivity index (χ0n) is 17.2. The molecular weight excluding hydrogens is 406 g/mol. The fourth-order valence-electron chi connectivity index (χ4n) is 3.78. The molecule has 1 aromatic heterocycles. The maximum atomic E-state index is 12.6. The number of rotatable bonds is 8. The number of carbonyl (C=O) groups excluding carboxylic acids is 1. The Morgan fingerprint density at radius 2 is 1.86 bits per heavy atom. The number of hydrogen-bond donors (Lipinski definition) is 1. The van der Waals surface area contributed by atoms with Crippen molar-refractivity contribution in [2.45, 2.75) is 44.6 Å². The summed E-state index contributed by atoms with van der Waals surface area (Å²) in [5, 5.41) is 2.90. The molecule has 1 aromatic carbocycles. The average molecular weight is 436 g/mol. The van der Waals surface area contributed by atoms with E-state index in [9.17, 15) is 13.2 Å². The molecule has 0 aliphatic carbocycles. The second-order valence-corrected chi connectivity index (χ2v) is 10.5. The molecule has 0 saturated carbocycles. The molecule has 2 heterocycles. The minimum atomic E-state index is -3.49. The molecule has 158 valence electrons. The third-order valence-electron chi connectivity index (χ3n) is 5.28. The van der Waals surface area contributed by atoms with Crippen LogP contribution in [0, 0.1) is 6.92 Å². The summed E-state index contributed by atoms with van der Waals surface area (Å²) in [6.07, 6.45) is 2.16. The van der Waals surface area contributed by atoms with Gasteiger partial charge in [0, 0.05) is 34.6 Å². The molecule has 1 aliphatic rings. The summed E-state index contributed by atoms with van der Waals surface area (Å²) in [6, 6.07) is 11.0. The van der Waals surface area contributed by atoms with Gasteiger partial charge >= 0.3 is 0 Å². The molecule has 0 spiro atoms. The normalized spacial score (nSPS) is 17.7. The smallest absolute Gasteiger partial charge is 0.243 e. The Labute approximate surface area is 177 Å². The average Bonchev–Trinajstić information content (AvgIpc) is 3.31. The summed E-state index contributed by atoms with van der Waals surface area (Å²) >= 11 is 1.80. The number of benzene rings is 1. The first-order valence-electron chi connectivity index (χ1n) is 10.1. The van der Waals surface area contributed by atoms with Crippen molar-refractivity contribution in [3.05, 3.63) is 46.2 Å². The minimum Gasteiger partial charge on any atom is -0.325 e. The molecule has 1 N–H and O–H groups in total. The number of hydrogen-bond acceptors (Lipinski definition) is 5. The summed E-state index contributed by atoms with van der Waals surface area (Å²) in [5.41, 5.74) is 0.608. The van der Waals surface area contributed by atoms with E-state index in [0.717, 1.165) is 19.4 Å². The first-order valence-corrected chi connectivity index (χ1v) is 12.3. The highest BCUT2D eigenvalue weighted by Gasteiger charge is 2.28. The van der Waals surface area contributed by atoms with Gasteiger partial charge in [0.25, 0.3) is 0 Å². The first-order chi connectivity index (χ1) is 13.8. The Morgan fingerprint density at radius 3 is 2.45 bits per heavy atom. The van der Waals surface area contributed by atoms with E-state index in [-0.39, 0.29) is 10.8 Å². The number of anilines is 1. The van der Waals surface area contributed by atoms with Crippen molar-refractivity contribution in [3.8, 4) is 0 Å². The molecule has 29 heavy (non-hydrogen) atoms. The lowest BCUT2D eigenvalue weighted by molar-refractivity contribution is -0.117. The van der Waals surface area contributed by atoms with Gasteiger partial charge in [0.1, 0.15) is 0 Å². The van der Waals surface area contributed by atoms with E-state index >= 15 is 0 Å². The van der Waals surface area contributed by atoms with Crippen molar-refractivity contribution in [1.29, 1.82) is 0 Å². The number of aryl methyl sites for hydroxylation is 1. The van der Waals surface area contributed by atoms with E-state index in [2.05, 4.69) is 29.3 Å². The maximum Gasteiger partial charge on any atom is 0.243 e. The molecule has 1 aliphatic heterocycles. The summed E-state index contributed by atoms with van der Waals surface area (Å²) < 4.78 is 26.5. The van der Waals surface area contributed by atoms with Gasteiger partial charge in [0.15, 0.2) is 0 Å². The molecule has 1 saturated heterocycles. The van der Waals surface area contributed by atoms with Crippen LogP contribution < -0.4 is 5.32 Å². The third-order valence-corrected chi connectivity index (χ3v) is 8.45. The van der Waals surface area contributed by atoms with Crippen molar-refractivity contribution in [3.63, 3.8) is 0 Å². The Morgan fingerprint density at radius 1 is 1.17 bits per heavy atom. The van der Waals surface area contributed by atoms with Crippen LogP contribution in [0.15, 0.2) is 41.3 Å². The maximum absolute atomic E-state index is 12.6. The van der Waals surface area contributed by atoms with Crippen molar-refractivity contribution >= 4 is 33.0 Å². The number of carbonyl (C=O) groups is 1. The highest BCUT2D eigenvalue weighted by Crippen LogP contribution is 2.35. The Balaban J connectivity index is 1.62. The summed E-state index contributed by atoms with van der Waals surface area (Å²) in [6.45, 7) is 7.84.